The minimum absolute atomic E-state index is 0.0888. The third kappa shape index (κ3) is 9.47. The molecule has 1 heterocycles. The van der Waals surface area contributed by atoms with Gasteiger partial charge in [0.25, 0.3) is 0 Å². The van der Waals surface area contributed by atoms with E-state index in [1.165, 1.54) is 0 Å². The number of benzene rings is 3. The van der Waals surface area contributed by atoms with E-state index in [1.807, 2.05) is 61.5 Å². The van der Waals surface area contributed by atoms with Crippen molar-refractivity contribution >= 4 is 35.2 Å². The Labute approximate surface area is 246 Å². The van der Waals surface area contributed by atoms with Crippen LogP contribution in [0.4, 0.5) is 16.2 Å². The Kier molecular flexibility index (Phi) is 10.7. The van der Waals surface area contributed by atoms with Gasteiger partial charge in [-0.2, -0.15) is 0 Å². The molecule has 0 aliphatic carbocycles. The molecule has 220 valence electrons. The molecule has 0 saturated carbocycles. The first-order valence-electron chi connectivity index (χ1n) is 14.2. The third-order valence-corrected chi connectivity index (χ3v) is 6.69. The molecule has 9 heteroatoms. The maximum Gasteiger partial charge on any atom is 0.323 e. The number of para-hydroxylation sites is 1. The summed E-state index contributed by atoms with van der Waals surface area (Å²) in [4.78, 5) is 42.2. The lowest BCUT2D eigenvalue weighted by atomic mass is 10.0. The molecular weight excluding hydrogens is 532 g/mol. The Hall–Kier alpha value is -4.66. The summed E-state index contributed by atoms with van der Waals surface area (Å²) in [7, 11) is 0. The maximum atomic E-state index is 13.0. The molecule has 2 unspecified atom stereocenters. The number of nitrogens with zero attached hydrogens (tertiary/aromatic N) is 1. The topological polar surface area (TPSA) is 118 Å². The van der Waals surface area contributed by atoms with Crippen molar-refractivity contribution in [2.75, 3.05) is 17.2 Å². The molecule has 9 nitrogen and oxygen atoms in total. The summed E-state index contributed by atoms with van der Waals surface area (Å²) in [5.74, 6) is 0.204. The molecule has 0 saturated heterocycles. The van der Waals surface area contributed by atoms with Gasteiger partial charge in [-0.05, 0) is 54.2 Å². The van der Waals surface area contributed by atoms with Crippen LogP contribution in [0.1, 0.15) is 43.4 Å². The predicted molar refractivity (Wildman–Crippen MR) is 163 cm³/mol. The maximum absolute atomic E-state index is 13.0. The molecule has 3 aromatic carbocycles. The summed E-state index contributed by atoms with van der Waals surface area (Å²) >= 11 is 0. The molecule has 0 spiro atoms. The van der Waals surface area contributed by atoms with E-state index in [-0.39, 0.29) is 43.3 Å². The molecule has 0 aromatic heterocycles. The van der Waals surface area contributed by atoms with E-state index >= 15 is 0 Å². The summed E-state index contributed by atoms with van der Waals surface area (Å²) in [6.45, 7) is 6.60. The zero-order valence-electron chi connectivity index (χ0n) is 24.3. The first-order valence-corrected chi connectivity index (χ1v) is 14.2. The molecule has 3 aromatic rings. The van der Waals surface area contributed by atoms with Gasteiger partial charge in [-0.25, -0.2) is 9.79 Å². The number of esters is 1. The lowest BCUT2D eigenvalue weighted by molar-refractivity contribution is -0.146. The van der Waals surface area contributed by atoms with Gasteiger partial charge in [-0.3, -0.25) is 9.59 Å². The van der Waals surface area contributed by atoms with Crippen LogP contribution in [-0.2, 0) is 32.1 Å². The van der Waals surface area contributed by atoms with E-state index in [0.29, 0.717) is 24.6 Å². The number of rotatable bonds is 12. The lowest BCUT2D eigenvalue weighted by Crippen LogP contribution is -2.43. The number of ether oxygens (including phenoxy) is 2. The largest absolute Gasteiger partial charge is 0.474 e. The second-order valence-corrected chi connectivity index (χ2v) is 10.8. The smallest absolute Gasteiger partial charge is 0.323 e. The fourth-order valence-corrected chi connectivity index (χ4v) is 4.55. The van der Waals surface area contributed by atoms with Crippen molar-refractivity contribution < 1.29 is 23.9 Å². The van der Waals surface area contributed by atoms with Gasteiger partial charge in [0, 0.05) is 11.4 Å². The summed E-state index contributed by atoms with van der Waals surface area (Å²) in [6.07, 6.45) is 0.477. The number of aryl methyl sites for hydroxylation is 1. The van der Waals surface area contributed by atoms with Crippen LogP contribution >= 0.6 is 0 Å². The standard InChI is InChI=1S/C33H38N4O5/c1-22(2)17-29(32-34-20-27(42-32)19-31(39)41-21-25-10-5-4-6-11-25)36-30(38)18-24-13-15-26(16-14-24)35-33(40)37-28-12-8-7-9-23(28)3/h4-16,22,27,29H,17-21H2,1-3H3,(H,36,38)(H2,35,37,40). The minimum Gasteiger partial charge on any atom is -0.474 e. The lowest BCUT2D eigenvalue weighted by Gasteiger charge is -2.21. The molecule has 2 atom stereocenters. The fraction of sp³-hybridized carbons (Fsp3) is 0.333. The second-order valence-electron chi connectivity index (χ2n) is 10.8. The molecular formula is C33H38N4O5. The van der Waals surface area contributed by atoms with Crippen molar-refractivity contribution in [1.82, 2.24) is 5.32 Å². The molecule has 0 radical (unpaired) electrons. The summed E-state index contributed by atoms with van der Waals surface area (Å²) in [5, 5.41) is 8.69. The monoisotopic (exact) mass is 570 g/mol. The number of urea groups is 1. The summed E-state index contributed by atoms with van der Waals surface area (Å²) < 4.78 is 11.4. The number of hydrogen-bond acceptors (Lipinski definition) is 6. The van der Waals surface area contributed by atoms with Crippen LogP contribution in [0.2, 0.25) is 0 Å². The Bertz CT molecular complexity index is 1390. The van der Waals surface area contributed by atoms with Gasteiger partial charge in [-0.15, -0.1) is 0 Å². The van der Waals surface area contributed by atoms with E-state index in [9.17, 15) is 14.4 Å². The highest BCUT2D eigenvalue weighted by atomic mass is 16.5. The van der Waals surface area contributed by atoms with Crippen molar-refractivity contribution in [3.63, 3.8) is 0 Å². The quantitative estimate of drug-likeness (QED) is 0.244. The highest BCUT2D eigenvalue weighted by Gasteiger charge is 2.30. The van der Waals surface area contributed by atoms with Gasteiger partial charge < -0.3 is 25.4 Å². The van der Waals surface area contributed by atoms with E-state index in [2.05, 4.69) is 34.8 Å². The third-order valence-electron chi connectivity index (χ3n) is 6.69. The number of aliphatic imine (C=N–C) groups is 1. The fourth-order valence-electron chi connectivity index (χ4n) is 4.55. The molecule has 0 bridgehead atoms. The van der Waals surface area contributed by atoms with Crippen molar-refractivity contribution in [3.8, 4) is 0 Å². The Balaban J connectivity index is 1.24. The second kappa shape index (κ2) is 14.8. The zero-order chi connectivity index (χ0) is 29.9. The molecule has 42 heavy (non-hydrogen) atoms. The minimum atomic E-state index is -0.419. The van der Waals surface area contributed by atoms with Gasteiger partial charge in [0.15, 0.2) is 0 Å². The van der Waals surface area contributed by atoms with Crippen LogP contribution in [0.15, 0.2) is 83.9 Å². The first-order chi connectivity index (χ1) is 20.2. The highest BCUT2D eigenvalue weighted by molar-refractivity contribution is 6.00. The first kappa shape index (κ1) is 30.3. The Morgan fingerprint density at radius 2 is 1.64 bits per heavy atom. The van der Waals surface area contributed by atoms with Gasteiger partial charge in [0.05, 0.1) is 19.4 Å². The van der Waals surface area contributed by atoms with Crippen LogP contribution in [0.3, 0.4) is 0 Å². The average molecular weight is 571 g/mol. The predicted octanol–water partition coefficient (Wildman–Crippen LogP) is 5.64. The number of hydrogen-bond donors (Lipinski definition) is 3. The number of anilines is 2. The van der Waals surface area contributed by atoms with Crippen LogP contribution in [0.5, 0.6) is 0 Å². The van der Waals surface area contributed by atoms with E-state index in [4.69, 9.17) is 9.47 Å². The van der Waals surface area contributed by atoms with Crippen molar-refractivity contribution in [3.05, 3.63) is 95.6 Å². The highest BCUT2D eigenvalue weighted by Crippen LogP contribution is 2.18. The molecule has 0 fully saturated rings. The van der Waals surface area contributed by atoms with Crippen LogP contribution < -0.4 is 16.0 Å². The number of amides is 3. The zero-order valence-corrected chi connectivity index (χ0v) is 24.3. The van der Waals surface area contributed by atoms with Crippen LogP contribution in [0.25, 0.3) is 0 Å². The Morgan fingerprint density at radius 3 is 2.36 bits per heavy atom. The van der Waals surface area contributed by atoms with Crippen molar-refractivity contribution in [2.24, 2.45) is 10.9 Å². The van der Waals surface area contributed by atoms with Gasteiger partial charge in [0.2, 0.25) is 11.8 Å². The van der Waals surface area contributed by atoms with Gasteiger partial charge in [0.1, 0.15) is 18.8 Å². The molecule has 1 aliphatic heterocycles. The van der Waals surface area contributed by atoms with Crippen molar-refractivity contribution in [2.45, 2.75) is 58.8 Å². The summed E-state index contributed by atoms with van der Waals surface area (Å²) in [6, 6.07) is 23.4. The van der Waals surface area contributed by atoms with E-state index in [0.717, 1.165) is 22.4 Å². The molecule has 3 amide bonds. The van der Waals surface area contributed by atoms with Crippen LogP contribution in [0, 0.1) is 12.8 Å². The SMILES string of the molecule is Cc1ccccc1NC(=O)Nc1ccc(CC(=O)NC(CC(C)C)C2=NCC(CC(=O)OCc3ccccc3)O2)cc1. The molecule has 3 N–H and O–H groups in total. The number of nitrogens with one attached hydrogen (secondary N) is 3. The summed E-state index contributed by atoms with van der Waals surface area (Å²) in [5.41, 5.74) is 4.04. The van der Waals surface area contributed by atoms with Gasteiger partial charge in [-0.1, -0.05) is 74.5 Å². The van der Waals surface area contributed by atoms with Crippen LogP contribution in [-0.4, -0.2) is 42.5 Å². The molecule has 4 rings (SSSR count). The average Bonchev–Trinajstić information content (AvgIpc) is 3.42. The normalized spacial score (nSPS) is 14.9. The molecule has 1 aliphatic rings. The van der Waals surface area contributed by atoms with Gasteiger partial charge >= 0.3 is 12.0 Å². The number of carbonyl (C=O) groups excluding carboxylic acids is 3. The number of carbonyl (C=O) groups is 3. The van der Waals surface area contributed by atoms with E-state index < -0.39 is 12.1 Å². The van der Waals surface area contributed by atoms with E-state index in [1.54, 1.807) is 24.3 Å². The Morgan fingerprint density at radius 1 is 0.929 bits per heavy atom. The van der Waals surface area contributed by atoms with Crippen molar-refractivity contribution in [1.29, 1.82) is 0 Å².